The summed E-state index contributed by atoms with van der Waals surface area (Å²) in [4.78, 5) is 5.91. The molecular formula is C15H25F2IN4. The zero-order valence-corrected chi connectivity index (χ0v) is 15.8. The minimum Gasteiger partial charge on any atom is -0.370 e. The number of nitrogens with one attached hydrogen (secondary N) is 1. The molecule has 0 bridgehead atoms. The lowest BCUT2D eigenvalue weighted by Crippen LogP contribution is -2.39. The number of rotatable bonds is 6. The SMILES string of the molecule is CC(C)CN=C(N)NCC(c1c(F)cccc1F)N(C)C.I. The third-order valence-electron chi connectivity index (χ3n) is 3.06. The number of benzene rings is 1. The van der Waals surface area contributed by atoms with Crippen LogP contribution in [-0.2, 0) is 0 Å². The monoisotopic (exact) mass is 426 g/mol. The van der Waals surface area contributed by atoms with Crippen LogP contribution in [0.1, 0.15) is 25.5 Å². The Kier molecular flexibility index (Phi) is 9.50. The zero-order valence-electron chi connectivity index (χ0n) is 13.4. The van der Waals surface area contributed by atoms with Crippen molar-refractivity contribution >= 4 is 29.9 Å². The highest BCUT2D eigenvalue weighted by atomic mass is 127. The predicted octanol–water partition coefficient (Wildman–Crippen LogP) is 2.75. The van der Waals surface area contributed by atoms with Gasteiger partial charge in [-0.15, -0.1) is 24.0 Å². The Hall–Kier alpha value is -0.960. The summed E-state index contributed by atoms with van der Waals surface area (Å²) in [6, 6.07) is 3.39. The van der Waals surface area contributed by atoms with Crippen LogP contribution in [0.4, 0.5) is 8.78 Å². The van der Waals surface area contributed by atoms with Gasteiger partial charge in [-0.2, -0.15) is 0 Å². The van der Waals surface area contributed by atoms with E-state index in [-0.39, 0.29) is 42.0 Å². The van der Waals surface area contributed by atoms with Crippen LogP contribution in [0, 0.1) is 17.6 Å². The van der Waals surface area contributed by atoms with Gasteiger partial charge in [-0.05, 0) is 32.1 Å². The van der Waals surface area contributed by atoms with E-state index in [0.717, 1.165) is 0 Å². The Balaban J connectivity index is 0.00000441. The Morgan fingerprint density at radius 1 is 1.27 bits per heavy atom. The average Bonchev–Trinajstić information content (AvgIpc) is 2.39. The molecule has 1 aromatic rings. The molecule has 0 spiro atoms. The summed E-state index contributed by atoms with van der Waals surface area (Å²) in [5, 5.41) is 2.93. The quantitative estimate of drug-likeness (QED) is 0.418. The van der Waals surface area contributed by atoms with Gasteiger partial charge >= 0.3 is 0 Å². The molecule has 1 rings (SSSR count). The number of nitrogens with zero attached hydrogens (tertiary/aromatic N) is 2. The van der Waals surface area contributed by atoms with Crippen molar-refractivity contribution in [1.29, 1.82) is 0 Å². The van der Waals surface area contributed by atoms with Gasteiger partial charge in [-0.3, -0.25) is 4.99 Å². The van der Waals surface area contributed by atoms with Crippen LogP contribution in [0.5, 0.6) is 0 Å². The molecule has 0 saturated heterocycles. The second-order valence-corrected chi connectivity index (χ2v) is 5.62. The first kappa shape index (κ1) is 21.0. The Morgan fingerprint density at radius 3 is 2.27 bits per heavy atom. The van der Waals surface area contributed by atoms with Crippen molar-refractivity contribution in [2.75, 3.05) is 27.2 Å². The minimum absolute atomic E-state index is 0. The first-order valence-electron chi connectivity index (χ1n) is 6.97. The summed E-state index contributed by atoms with van der Waals surface area (Å²) in [6.45, 7) is 4.96. The molecule has 0 radical (unpaired) electrons. The fourth-order valence-electron chi connectivity index (χ4n) is 1.91. The number of halogens is 3. The number of hydrogen-bond acceptors (Lipinski definition) is 2. The smallest absolute Gasteiger partial charge is 0.188 e. The van der Waals surface area contributed by atoms with E-state index in [1.54, 1.807) is 19.0 Å². The van der Waals surface area contributed by atoms with Crippen molar-refractivity contribution in [3.8, 4) is 0 Å². The van der Waals surface area contributed by atoms with Gasteiger partial charge < -0.3 is 16.0 Å². The highest BCUT2D eigenvalue weighted by Crippen LogP contribution is 2.23. The van der Waals surface area contributed by atoms with Gasteiger partial charge in [0.1, 0.15) is 11.6 Å². The first-order valence-corrected chi connectivity index (χ1v) is 6.97. The molecule has 0 fully saturated rings. The van der Waals surface area contributed by atoms with Gasteiger partial charge in [0.05, 0.1) is 6.04 Å². The lowest BCUT2D eigenvalue weighted by atomic mass is 10.0. The predicted molar refractivity (Wildman–Crippen MR) is 97.5 cm³/mol. The maximum atomic E-state index is 13.9. The normalized spacial score (nSPS) is 13.2. The molecule has 0 amide bonds. The maximum Gasteiger partial charge on any atom is 0.188 e. The van der Waals surface area contributed by atoms with E-state index in [0.29, 0.717) is 12.5 Å². The molecule has 0 aromatic heterocycles. The highest BCUT2D eigenvalue weighted by Gasteiger charge is 2.22. The largest absolute Gasteiger partial charge is 0.370 e. The summed E-state index contributed by atoms with van der Waals surface area (Å²) in [6.07, 6.45) is 0. The molecule has 0 aliphatic heterocycles. The topological polar surface area (TPSA) is 53.6 Å². The van der Waals surface area contributed by atoms with Gasteiger partial charge in [0.25, 0.3) is 0 Å². The van der Waals surface area contributed by atoms with Crippen molar-refractivity contribution in [2.24, 2.45) is 16.6 Å². The molecule has 3 N–H and O–H groups in total. The van der Waals surface area contributed by atoms with Crippen LogP contribution < -0.4 is 11.1 Å². The van der Waals surface area contributed by atoms with E-state index < -0.39 is 17.7 Å². The fraction of sp³-hybridized carbons (Fsp3) is 0.533. The van der Waals surface area contributed by atoms with E-state index in [4.69, 9.17) is 5.73 Å². The first-order chi connectivity index (χ1) is 9.82. The van der Waals surface area contributed by atoms with E-state index in [2.05, 4.69) is 10.3 Å². The summed E-state index contributed by atoms with van der Waals surface area (Å²) < 4.78 is 27.8. The Morgan fingerprint density at radius 2 is 1.82 bits per heavy atom. The van der Waals surface area contributed by atoms with Crippen molar-refractivity contribution < 1.29 is 8.78 Å². The van der Waals surface area contributed by atoms with E-state index in [9.17, 15) is 8.78 Å². The standard InChI is InChI=1S/C15H24F2N4.HI/c1-10(2)8-19-15(18)20-9-13(21(3)4)14-11(16)6-5-7-12(14)17;/h5-7,10,13H,8-9H2,1-4H3,(H3,18,19,20);1H. The molecule has 1 atom stereocenters. The van der Waals surface area contributed by atoms with Gasteiger partial charge in [-0.25, -0.2) is 8.78 Å². The highest BCUT2D eigenvalue weighted by molar-refractivity contribution is 14.0. The maximum absolute atomic E-state index is 13.9. The lowest BCUT2D eigenvalue weighted by molar-refractivity contribution is 0.283. The van der Waals surface area contributed by atoms with Gasteiger partial charge in [0.15, 0.2) is 5.96 Å². The second kappa shape index (κ2) is 9.94. The van der Waals surface area contributed by atoms with Crippen molar-refractivity contribution in [2.45, 2.75) is 19.9 Å². The number of likely N-dealkylation sites (N-methyl/N-ethyl adjacent to an activating group) is 1. The van der Waals surface area contributed by atoms with Gasteiger partial charge in [-0.1, -0.05) is 19.9 Å². The summed E-state index contributed by atoms with van der Waals surface area (Å²) >= 11 is 0. The fourth-order valence-corrected chi connectivity index (χ4v) is 1.91. The van der Waals surface area contributed by atoms with Crippen molar-refractivity contribution in [1.82, 2.24) is 10.2 Å². The Labute approximate surface area is 148 Å². The molecular weight excluding hydrogens is 401 g/mol. The van der Waals surface area contributed by atoms with Crippen LogP contribution in [0.15, 0.2) is 23.2 Å². The lowest BCUT2D eigenvalue weighted by Gasteiger charge is -2.26. The summed E-state index contributed by atoms with van der Waals surface area (Å²) in [5.41, 5.74) is 5.79. The van der Waals surface area contributed by atoms with Gasteiger partial charge in [0, 0.05) is 18.7 Å². The van der Waals surface area contributed by atoms with Crippen molar-refractivity contribution in [3.05, 3.63) is 35.4 Å². The van der Waals surface area contributed by atoms with Gasteiger partial charge in [0.2, 0.25) is 0 Å². The van der Waals surface area contributed by atoms with Crippen LogP contribution in [0.2, 0.25) is 0 Å². The third-order valence-corrected chi connectivity index (χ3v) is 3.06. The molecule has 0 heterocycles. The molecule has 0 saturated carbocycles. The summed E-state index contributed by atoms with van der Waals surface area (Å²) in [5.74, 6) is -0.437. The van der Waals surface area contributed by atoms with Crippen molar-refractivity contribution in [3.63, 3.8) is 0 Å². The molecule has 126 valence electrons. The van der Waals surface area contributed by atoms with Crippen LogP contribution in [0.25, 0.3) is 0 Å². The second-order valence-electron chi connectivity index (χ2n) is 5.62. The molecule has 0 aliphatic carbocycles. The number of guanidine groups is 1. The minimum atomic E-state index is -0.562. The number of hydrogen-bond donors (Lipinski definition) is 2. The molecule has 1 unspecified atom stereocenters. The van der Waals surface area contributed by atoms with Crippen LogP contribution in [-0.4, -0.2) is 38.0 Å². The Bertz CT molecular complexity index is 472. The molecule has 7 heteroatoms. The molecule has 0 aliphatic rings. The van der Waals surface area contributed by atoms with E-state index in [1.165, 1.54) is 18.2 Å². The van der Waals surface area contributed by atoms with E-state index >= 15 is 0 Å². The zero-order chi connectivity index (χ0) is 16.0. The third kappa shape index (κ3) is 6.43. The van der Waals surface area contributed by atoms with Crippen LogP contribution in [0.3, 0.4) is 0 Å². The molecule has 4 nitrogen and oxygen atoms in total. The summed E-state index contributed by atoms with van der Waals surface area (Å²) in [7, 11) is 3.53. The average molecular weight is 426 g/mol. The molecule has 1 aromatic carbocycles. The molecule has 22 heavy (non-hydrogen) atoms. The van der Waals surface area contributed by atoms with E-state index in [1.807, 2.05) is 13.8 Å². The number of nitrogens with two attached hydrogens (primary N) is 1. The number of aliphatic imine (C=N–C) groups is 1. The van der Waals surface area contributed by atoms with Crippen LogP contribution >= 0.6 is 24.0 Å².